The van der Waals surface area contributed by atoms with Gasteiger partial charge in [-0.25, -0.2) is 9.78 Å². The molecule has 4 aromatic rings. The molecule has 0 radical (unpaired) electrons. The fraction of sp³-hybridized carbons (Fsp3) is 0.214. The lowest BCUT2D eigenvalue weighted by Gasteiger charge is -2.17. The Morgan fingerprint density at radius 2 is 1.76 bits per heavy atom. The van der Waals surface area contributed by atoms with Gasteiger partial charge in [0.1, 0.15) is 10.8 Å². The van der Waals surface area contributed by atoms with Crippen LogP contribution in [0.3, 0.4) is 0 Å². The number of rotatable bonds is 9. The van der Waals surface area contributed by atoms with Gasteiger partial charge in [0.05, 0.1) is 5.69 Å². The van der Waals surface area contributed by atoms with Crippen molar-refractivity contribution in [2.75, 3.05) is 6.61 Å². The number of aromatic nitrogens is 1. The molecular weight excluding hydrogens is 462 g/mol. The lowest BCUT2D eigenvalue weighted by Crippen LogP contribution is -2.10. The standard InChI is InChI=1S/C28H27NO3S2/c1-18-9-11-22(12-10-18)28-29-20(3)27(34-28)25(16-21-7-5-4-6-8-21)33-23-13-14-24(19(2)15-23)32-17-26(30)31/h4-15,25H,16-17H2,1-3H3,(H,30,31)/t25-/m1/s1. The molecule has 0 bridgehead atoms. The highest BCUT2D eigenvalue weighted by molar-refractivity contribution is 7.99. The fourth-order valence-electron chi connectivity index (χ4n) is 3.70. The second-order valence-electron chi connectivity index (χ2n) is 8.24. The molecule has 1 aromatic heterocycles. The SMILES string of the molecule is Cc1ccc(-c2nc(C)c([C@@H](Cc3ccccc3)Sc3ccc(OCC(=O)O)c(C)c3)s2)cc1. The number of benzene rings is 3. The third-order valence-corrected chi connectivity index (χ3v) is 8.15. The normalized spacial score (nSPS) is 11.9. The molecule has 6 heteroatoms. The first kappa shape index (κ1) is 24.0. The first-order valence-corrected chi connectivity index (χ1v) is 12.8. The smallest absolute Gasteiger partial charge is 0.341 e. The highest BCUT2D eigenvalue weighted by Gasteiger charge is 2.21. The average Bonchev–Trinajstić information content (AvgIpc) is 3.20. The third kappa shape index (κ3) is 6.07. The molecule has 0 spiro atoms. The summed E-state index contributed by atoms with van der Waals surface area (Å²) in [6.45, 7) is 5.79. The second-order valence-corrected chi connectivity index (χ2v) is 10.5. The number of aryl methyl sites for hydroxylation is 3. The maximum absolute atomic E-state index is 10.8. The maximum Gasteiger partial charge on any atom is 0.341 e. The minimum absolute atomic E-state index is 0.198. The number of carboxylic acid groups (broad SMARTS) is 1. The van der Waals surface area contributed by atoms with Crippen LogP contribution in [-0.2, 0) is 11.2 Å². The molecule has 0 saturated heterocycles. The van der Waals surface area contributed by atoms with Gasteiger partial charge in [-0.1, -0.05) is 60.2 Å². The molecule has 0 aliphatic carbocycles. The molecular formula is C28H27NO3S2. The van der Waals surface area contributed by atoms with Crippen LogP contribution in [0.25, 0.3) is 10.6 Å². The van der Waals surface area contributed by atoms with Crippen molar-refractivity contribution in [3.63, 3.8) is 0 Å². The van der Waals surface area contributed by atoms with Gasteiger partial charge in [0.2, 0.25) is 0 Å². The highest BCUT2D eigenvalue weighted by atomic mass is 32.2. The van der Waals surface area contributed by atoms with Crippen molar-refractivity contribution in [2.45, 2.75) is 37.3 Å². The van der Waals surface area contributed by atoms with E-state index < -0.39 is 5.97 Å². The number of hydrogen-bond acceptors (Lipinski definition) is 5. The summed E-state index contributed by atoms with van der Waals surface area (Å²) in [6, 6.07) is 25.0. The minimum atomic E-state index is -0.981. The van der Waals surface area contributed by atoms with Crippen LogP contribution in [0, 0.1) is 20.8 Å². The van der Waals surface area contributed by atoms with E-state index in [4.69, 9.17) is 14.8 Å². The molecule has 174 valence electrons. The van der Waals surface area contributed by atoms with Gasteiger partial charge in [-0.15, -0.1) is 23.1 Å². The van der Waals surface area contributed by atoms with E-state index in [1.807, 2.05) is 36.9 Å². The van der Waals surface area contributed by atoms with Crippen LogP contribution in [-0.4, -0.2) is 22.7 Å². The van der Waals surface area contributed by atoms with Crippen molar-refractivity contribution < 1.29 is 14.6 Å². The zero-order valence-electron chi connectivity index (χ0n) is 19.4. The van der Waals surface area contributed by atoms with E-state index in [0.717, 1.165) is 33.1 Å². The first-order chi connectivity index (χ1) is 16.4. The number of thioether (sulfide) groups is 1. The fourth-order valence-corrected chi connectivity index (χ4v) is 6.32. The average molecular weight is 490 g/mol. The van der Waals surface area contributed by atoms with Crippen LogP contribution in [0.15, 0.2) is 77.7 Å². The van der Waals surface area contributed by atoms with E-state index in [2.05, 4.69) is 68.4 Å². The predicted molar refractivity (Wildman–Crippen MR) is 140 cm³/mol. The summed E-state index contributed by atoms with van der Waals surface area (Å²) < 4.78 is 5.40. The lowest BCUT2D eigenvalue weighted by molar-refractivity contribution is -0.139. The van der Waals surface area contributed by atoms with Gasteiger partial charge in [-0.3, -0.25) is 0 Å². The number of aliphatic carboxylic acids is 1. The van der Waals surface area contributed by atoms with E-state index in [0.29, 0.717) is 5.75 Å². The Morgan fingerprint density at radius 3 is 2.44 bits per heavy atom. The van der Waals surface area contributed by atoms with Gasteiger partial charge in [0, 0.05) is 20.6 Å². The van der Waals surface area contributed by atoms with E-state index >= 15 is 0 Å². The van der Waals surface area contributed by atoms with Gasteiger partial charge in [0.15, 0.2) is 6.61 Å². The van der Waals surface area contributed by atoms with Gasteiger partial charge in [-0.05, 0) is 56.5 Å². The van der Waals surface area contributed by atoms with Crippen molar-refractivity contribution in [1.82, 2.24) is 4.98 Å². The Kier molecular flexibility index (Phi) is 7.70. The van der Waals surface area contributed by atoms with E-state index in [9.17, 15) is 4.79 Å². The van der Waals surface area contributed by atoms with Gasteiger partial charge >= 0.3 is 5.97 Å². The van der Waals surface area contributed by atoms with Crippen molar-refractivity contribution in [1.29, 1.82) is 0 Å². The van der Waals surface area contributed by atoms with Crippen LogP contribution in [0.5, 0.6) is 5.75 Å². The molecule has 3 aromatic carbocycles. The molecule has 34 heavy (non-hydrogen) atoms. The highest BCUT2D eigenvalue weighted by Crippen LogP contribution is 2.44. The molecule has 4 nitrogen and oxygen atoms in total. The summed E-state index contributed by atoms with van der Waals surface area (Å²) in [4.78, 5) is 18.2. The van der Waals surface area contributed by atoms with Crippen LogP contribution < -0.4 is 4.74 Å². The minimum Gasteiger partial charge on any atom is -0.482 e. The molecule has 0 amide bonds. The Morgan fingerprint density at radius 1 is 1.03 bits per heavy atom. The molecule has 0 fully saturated rings. The van der Waals surface area contributed by atoms with Crippen LogP contribution >= 0.6 is 23.1 Å². The Labute approximate surface area is 208 Å². The number of carbonyl (C=O) groups is 1. The first-order valence-electron chi connectivity index (χ1n) is 11.1. The summed E-state index contributed by atoms with van der Waals surface area (Å²) in [5, 5.41) is 10.1. The van der Waals surface area contributed by atoms with Crippen molar-refractivity contribution in [3.8, 4) is 16.3 Å². The molecule has 0 aliphatic rings. The molecule has 1 atom stereocenters. The van der Waals surface area contributed by atoms with Gasteiger partial charge in [0.25, 0.3) is 0 Å². The summed E-state index contributed by atoms with van der Waals surface area (Å²) >= 11 is 3.57. The summed E-state index contributed by atoms with van der Waals surface area (Å²) in [5.74, 6) is -0.382. The number of thiazole rings is 1. The predicted octanol–water partition coefficient (Wildman–Crippen LogP) is 7.27. The summed E-state index contributed by atoms with van der Waals surface area (Å²) in [6.07, 6.45) is 0.887. The number of hydrogen-bond donors (Lipinski definition) is 1. The number of ether oxygens (including phenoxy) is 1. The Hall–Kier alpha value is -3.09. The summed E-state index contributed by atoms with van der Waals surface area (Å²) in [5.41, 5.74) is 5.64. The monoisotopic (exact) mass is 489 g/mol. The largest absolute Gasteiger partial charge is 0.482 e. The molecule has 0 saturated carbocycles. The number of nitrogens with zero attached hydrogens (tertiary/aromatic N) is 1. The van der Waals surface area contributed by atoms with Crippen molar-refractivity contribution >= 4 is 29.1 Å². The number of carboxylic acids is 1. The van der Waals surface area contributed by atoms with E-state index in [1.54, 1.807) is 11.3 Å². The lowest BCUT2D eigenvalue weighted by atomic mass is 10.1. The maximum atomic E-state index is 10.8. The Balaban J connectivity index is 1.63. The van der Waals surface area contributed by atoms with Crippen molar-refractivity contribution in [2.24, 2.45) is 0 Å². The summed E-state index contributed by atoms with van der Waals surface area (Å²) in [7, 11) is 0. The molecule has 4 rings (SSSR count). The quantitative estimate of drug-likeness (QED) is 0.250. The third-order valence-electron chi connectivity index (χ3n) is 5.46. The van der Waals surface area contributed by atoms with Gasteiger partial charge < -0.3 is 9.84 Å². The van der Waals surface area contributed by atoms with Gasteiger partial charge in [-0.2, -0.15) is 0 Å². The van der Waals surface area contributed by atoms with E-state index in [-0.39, 0.29) is 11.9 Å². The van der Waals surface area contributed by atoms with E-state index in [1.165, 1.54) is 16.0 Å². The Bertz CT molecular complexity index is 1270. The molecule has 1 heterocycles. The topological polar surface area (TPSA) is 59.4 Å². The van der Waals surface area contributed by atoms with Crippen LogP contribution in [0.4, 0.5) is 0 Å². The van der Waals surface area contributed by atoms with Crippen LogP contribution in [0.1, 0.15) is 32.5 Å². The molecule has 0 unspecified atom stereocenters. The van der Waals surface area contributed by atoms with Crippen LogP contribution in [0.2, 0.25) is 0 Å². The van der Waals surface area contributed by atoms with Crippen molar-refractivity contribution in [3.05, 3.63) is 100 Å². The molecule has 1 N–H and O–H groups in total. The molecule has 0 aliphatic heterocycles. The second kappa shape index (κ2) is 10.9. The zero-order valence-corrected chi connectivity index (χ0v) is 21.1. The zero-order chi connectivity index (χ0) is 24.1.